The third-order valence-electron chi connectivity index (χ3n) is 3.37. The Kier molecular flexibility index (Phi) is 4.98. The van der Waals surface area contributed by atoms with Gasteiger partial charge in [-0.25, -0.2) is 8.42 Å². The fourth-order valence-electron chi connectivity index (χ4n) is 2.33. The third kappa shape index (κ3) is 2.96. The minimum Gasteiger partial charge on any atom is -0.380 e. The highest BCUT2D eigenvalue weighted by atomic mass is 32.2. The summed E-state index contributed by atoms with van der Waals surface area (Å²) >= 11 is 1.41. The summed E-state index contributed by atoms with van der Waals surface area (Å²) in [5, 5.41) is 1.85. The molecule has 1 aromatic heterocycles. The second-order valence-electron chi connectivity index (χ2n) is 4.78. The van der Waals surface area contributed by atoms with Crippen molar-refractivity contribution in [1.29, 1.82) is 0 Å². The molecule has 0 radical (unpaired) electrons. The van der Waals surface area contributed by atoms with Crippen molar-refractivity contribution < 1.29 is 13.2 Å². The van der Waals surface area contributed by atoms with Crippen LogP contribution in [0.1, 0.15) is 16.9 Å². The van der Waals surface area contributed by atoms with Crippen molar-refractivity contribution in [2.45, 2.75) is 24.8 Å². The average molecular weight is 316 g/mol. The Labute approximate surface area is 124 Å². The zero-order chi connectivity index (χ0) is 14.8. The zero-order valence-electron chi connectivity index (χ0n) is 11.8. The molecular formula is C13H20N2O3S2. The number of hydrogen-bond donors (Lipinski definition) is 1. The molecule has 0 spiro atoms. The summed E-state index contributed by atoms with van der Waals surface area (Å²) in [7, 11) is -1.81. The first-order valence-corrected chi connectivity index (χ1v) is 8.76. The van der Waals surface area contributed by atoms with E-state index in [2.05, 4.69) is 0 Å². The molecule has 5 nitrogen and oxygen atoms in total. The summed E-state index contributed by atoms with van der Waals surface area (Å²) < 4.78 is 32.1. The molecule has 1 aliphatic heterocycles. The van der Waals surface area contributed by atoms with Gasteiger partial charge in [0, 0.05) is 31.6 Å². The lowest BCUT2D eigenvalue weighted by Gasteiger charge is -2.26. The molecule has 1 aliphatic rings. The van der Waals surface area contributed by atoms with E-state index < -0.39 is 10.0 Å². The average Bonchev–Trinajstić information content (AvgIpc) is 2.81. The zero-order valence-corrected chi connectivity index (χ0v) is 13.4. The van der Waals surface area contributed by atoms with Crippen LogP contribution in [0, 0.1) is 6.92 Å². The van der Waals surface area contributed by atoms with Crippen LogP contribution >= 0.6 is 11.3 Å². The van der Waals surface area contributed by atoms with Crippen LogP contribution in [0.4, 0.5) is 0 Å². The summed E-state index contributed by atoms with van der Waals surface area (Å²) in [6.45, 7) is 3.54. The van der Waals surface area contributed by atoms with Gasteiger partial charge in [0.1, 0.15) is 4.90 Å². The molecule has 0 amide bonds. The van der Waals surface area contributed by atoms with Crippen molar-refractivity contribution in [3.05, 3.63) is 27.5 Å². The van der Waals surface area contributed by atoms with Gasteiger partial charge in [0.2, 0.25) is 10.0 Å². The number of aryl methyl sites for hydroxylation is 1. The summed E-state index contributed by atoms with van der Waals surface area (Å²) in [5.74, 6) is 0. The van der Waals surface area contributed by atoms with Crippen molar-refractivity contribution >= 4 is 21.4 Å². The molecule has 0 fully saturated rings. The molecule has 0 saturated heterocycles. The van der Waals surface area contributed by atoms with Crippen molar-refractivity contribution in [3.8, 4) is 0 Å². The molecule has 2 rings (SSSR count). The number of sulfonamides is 1. The van der Waals surface area contributed by atoms with Gasteiger partial charge in [-0.1, -0.05) is 6.08 Å². The summed E-state index contributed by atoms with van der Waals surface area (Å²) in [5.41, 5.74) is 7.58. The lowest BCUT2D eigenvalue weighted by molar-refractivity contribution is 0.219. The lowest BCUT2D eigenvalue weighted by Crippen LogP contribution is -2.36. The first-order valence-electron chi connectivity index (χ1n) is 6.44. The van der Waals surface area contributed by atoms with Crippen LogP contribution in [-0.2, 0) is 21.3 Å². The molecule has 0 saturated carbocycles. The Morgan fingerprint density at radius 1 is 1.50 bits per heavy atom. The van der Waals surface area contributed by atoms with E-state index in [-0.39, 0.29) is 6.54 Å². The summed E-state index contributed by atoms with van der Waals surface area (Å²) in [6, 6.07) is 0. The van der Waals surface area contributed by atoms with Crippen LogP contribution in [0.25, 0.3) is 0 Å². The molecule has 2 heterocycles. The fraction of sp³-hybridized carbons (Fsp3) is 0.538. The van der Waals surface area contributed by atoms with E-state index in [9.17, 15) is 8.42 Å². The van der Waals surface area contributed by atoms with Crippen LogP contribution in [0.5, 0.6) is 0 Å². The number of nitrogens with two attached hydrogens (primary N) is 1. The van der Waals surface area contributed by atoms with Crippen LogP contribution in [-0.4, -0.2) is 39.5 Å². The highest BCUT2D eigenvalue weighted by Crippen LogP contribution is 2.30. The Morgan fingerprint density at radius 3 is 2.80 bits per heavy atom. The van der Waals surface area contributed by atoms with E-state index in [1.165, 1.54) is 15.6 Å². The van der Waals surface area contributed by atoms with Gasteiger partial charge in [0.05, 0.1) is 6.61 Å². The fourth-order valence-corrected chi connectivity index (χ4v) is 5.36. The smallest absolute Gasteiger partial charge is 0.244 e. The Hall–Kier alpha value is -0.730. The van der Waals surface area contributed by atoms with Gasteiger partial charge in [0.25, 0.3) is 0 Å². The maximum absolute atomic E-state index is 12.7. The van der Waals surface area contributed by atoms with Crippen LogP contribution in [0.2, 0.25) is 0 Å². The largest absolute Gasteiger partial charge is 0.380 e. The maximum Gasteiger partial charge on any atom is 0.244 e. The lowest BCUT2D eigenvalue weighted by atomic mass is 10.1. The number of thiophene rings is 1. The van der Waals surface area contributed by atoms with Crippen molar-refractivity contribution in [3.63, 3.8) is 0 Å². The summed E-state index contributed by atoms with van der Waals surface area (Å²) in [6.07, 6.45) is 2.66. The van der Waals surface area contributed by atoms with E-state index in [1.807, 2.05) is 18.4 Å². The van der Waals surface area contributed by atoms with Gasteiger partial charge in [-0.05, 0) is 29.9 Å². The molecule has 7 heteroatoms. The van der Waals surface area contributed by atoms with Crippen molar-refractivity contribution in [1.82, 2.24) is 4.31 Å². The number of methoxy groups -OCH3 is 1. The molecule has 0 unspecified atom stereocenters. The van der Waals surface area contributed by atoms with Crippen molar-refractivity contribution in [2.75, 3.05) is 26.8 Å². The molecule has 0 atom stereocenters. The number of rotatable bonds is 5. The standard InChI is InChI=1S/C13H20N2O3S2/c1-10-9-19-12(7-14)13(10)20(16,17)15-5-3-11(4-6-15)8-18-2/h3,9H,4-8,14H2,1-2H3. The molecule has 0 bridgehead atoms. The van der Waals surface area contributed by atoms with Gasteiger partial charge in [-0.3, -0.25) is 0 Å². The molecular weight excluding hydrogens is 296 g/mol. The summed E-state index contributed by atoms with van der Waals surface area (Å²) in [4.78, 5) is 1.13. The van der Waals surface area contributed by atoms with Crippen LogP contribution in [0.3, 0.4) is 0 Å². The SMILES string of the molecule is COCC1=CCN(S(=O)(=O)c2c(C)csc2CN)CC1. The number of ether oxygens (including phenoxy) is 1. The minimum absolute atomic E-state index is 0.256. The van der Waals surface area contributed by atoms with E-state index in [1.54, 1.807) is 7.11 Å². The quantitative estimate of drug-likeness (QED) is 0.835. The normalized spacial score (nSPS) is 17.2. The molecule has 2 N–H and O–H groups in total. The Morgan fingerprint density at radius 2 is 2.25 bits per heavy atom. The molecule has 0 aromatic carbocycles. The van der Waals surface area contributed by atoms with Gasteiger partial charge >= 0.3 is 0 Å². The van der Waals surface area contributed by atoms with E-state index in [0.717, 1.165) is 16.0 Å². The maximum atomic E-state index is 12.7. The first-order chi connectivity index (χ1) is 9.50. The molecule has 112 valence electrons. The predicted octanol–water partition coefficient (Wildman–Crippen LogP) is 1.48. The van der Waals surface area contributed by atoms with Gasteiger partial charge in [0.15, 0.2) is 0 Å². The van der Waals surface area contributed by atoms with E-state index >= 15 is 0 Å². The minimum atomic E-state index is -3.45. The monoisotopic (exact) mass is 316 g/mol. The molecule has 20 heavy (non-hydrogen) atoms. The number of nitrogens with zero attached hydrogens (tertiary/aromatic N) is 1. The topological polar surface area (TPSA) is 72.6 Å². The highest BCUT2D eigenvalue weighted by Gasteiger charge is 2.30. The van der Waals surface area contributed by atoms with Crippen LogP contribution < -0.4 is 5.73 Å². The predicted molar refractivity (Wildman–Crippen MR) is 80.3 cm³/mol. The van der Waals surface area contributed by atoms with E-state index in [4.69, 9.17) is 10.5 Å². The van der Waals surface area contributed by atoms with Gasteiger partial charge < -0.3 is 10.5 Å². The molecule has 1 aromatic rings. The van der Waals surface area contributed by atoms with E-state index in [0.29, 0.717) is 31.0 Å². The number of hydrogen-bond acceptors (Lipinski definition) is 5. The van der Waals surface area contributed by atoms with Crippen LogP contribution in [0.15, 0.2) is 21.9 Å². The second kappa shape index (κ2) is 6.36. The Balaban J connectivity index is 2.26. The van der Waals surface area contributed by atoms with Crippen molar-refractivity contribution in [2.24, 2.45) is 5.73 Å². The van der Waals surface area contributed by atoms with Gasteiger partial charge in [-0.2, -0.15) is 4.31 Å². The second-order valence-corrected chi connectivity index (χ2v) is 7.62. The highest BCUT2D eigenvalue weighted by molar-refractivity contribution is 7.89. The van der Waals surface area contributed by atoms with Gasteiger partial charge in [-0.15, -0.1) is 11.3 Å². The third-order valence-corrected chi connectivity index (χ3v) is 6.72. The Bertz CT molecular complexity index is 605. The first kappa shape index (κ1) is 15.7. The molecule has 0 aliphatic carbocycles.